The molecule has 1 atom stereocenters. The minimum absolute atomic E-state index is 0. The molecule has 0 aromatic carbocycles. The van der Waals surface area contributed by atoms with E-state index in [9.17, 15) is 13.7 Å². The maximum absolute atomic E-state index is 11.9. The van der Waals surface area contributed by atoms with Crippen molar-refractivity contribution in [1.29, 1.82) is 0 Å². The van der Waals surface area contributed by atoms with Gasteiger partial charge in [0.1, 0.15) is 0 Å². The zero-order chi connectivity index (χ0) is 15.2. The summed E-state index contributed by atoms with van der Waals surface area (Å²) in [6.45, 7) is 3.15. The molecule has 124 valence electrons. The zero-order valence-corrected chi connectivity index (χ0v) is 17.8. The van der Waals surface area contributed by atoms with E-state index in [-0.39, 0.29) is 37.6 Å². The van der Waals surface area contributed by atoms with E-state index in [0.717, 1.165) is 0 Å². The normalized spacial score (nSPS) is 15.4. The molecule has 0 aromatic heterocycles. The molecule has 0 radical (unpaired) electrons. The molecule has 1 unspecified atom stereocenters. The van der Waals surface area contributed by atoms with Crippen molar-refractivity contribution in [3.8, 4) is 0 Å². The Labute approximate surface area is 134 Å². The van der Waals surface area contributed by atoms with Crippen LogP contribution in [0.1, 0.15) is 26.7 Å². The fraction of sp³-hybridized carbons (Fsp3) is 1.00. The summed E-state index contributed by atoms with van der Waals surface area (Å²) >= 11 is 0. The van der Waals surface area contributed by atoms with Gasteiger partial charge >= 0.3 is 47.9 Å². The molecule has 0 aliphatic heterocycles. The SMILES string of the molecule is CCCOP(=O)(OCCC)OP(=O)(O)OP(=O)(O)O.[SbH3]. The van der Waals surface area contributed by atoms with Crippen LogP contribution in [0.2, 0.25) is 0 Å². The summed E-state index contributed by atoms with van der Waals surface area (Å²) in [6.07, 6.45) is 0.829. The van der Waals surface area contributed by atoms with Crippen LogP contribution in [0.5, 0.6) is 0 Å². The van der Waals surface area contributed by atoms with Crippen LogP contribution in [-0.4, -0.2) is 52.3 Å². The summed E-state index contributed by atoms with van der Waals surface area (Å²) in [5, 5.41) is 0. The molecule has 0 fully saturated rings. The van der Waals surface area contributed by atoms with Gasteiger partial charge in [0.2, 0.25) is 0 Å². The van der Waals surface area contributed by atoms with Crippen LogP contribution in [0.4, 0.5) is 0 Å². The Morgan fingerprint density at radius 3 is 1.55 bits per heavy atom. The molecular formula is C6H20O10P3Sb. The molecule has 3 N–H and O–H groups in total. The second-order valence-corrected chi connectivity index (χ2v) is 7.87. The molecule has 10 nitrogen and oxygen atoms in total. The van der Waals surface area contributed by atoms with Gasteiger partial charge in [-0.05, 0) is 12.8 Å². The summed E-state index contributed by atoms with van der Waals surface area (Å²) in [7, 11) is -15.0. The molecule has 0 saturated heterocycles. The van der Waals surface area contributed by atoms with Crippen molar-refractivity contribution in [2.45, 2.75) is 26.7 Å². The van der Waals surface area contributed by atoms with Crippen molar-refractivity contribution >= 4 is 47.9 Å². The van der Waals surface area contributed by atoms with Crippen molar-refractivity contribution in [1.82, 2.24) is 0 Å². The maximum atomic E-state index is 11.9. The average Bonchev–Trinajstić information content (AvgIpc) is 2.19. The predicted molar refractivity (Wildman–Crippen MR) is 74.1 cm³/mol. The van der Waals surface area contributed by atoms with E-state index in [1.165, 1.54) is 0 Å². The third-order valence-electron chi connectivity index (χ3n) is 1.32. The Kier molecular flexibility index (Phi) is 11.8. The fourth-order valence-corrected chi connectivity index (χ4v) is 4.50. The summed E-state index contributed by atoms with van der Waals surface area (Å²) in [6, 6.07) is 0. The van der Waals surface area contributed by atoms with Gasteiger partial charge in [0.05, 0.1) is 13.2 Å². The Morgan fingerprint density at radius 2 is 1.25 bits per heavy atom. The molecular weight excluding hydrogens is 447 g/mol. The molecule has 0 aliphatic rings. The van der Waals surface area contributed by atoms with Crippen LogP contribution in [-0.2, 0) is 31.4 Å². The molecule has 0 spiro atoms. The number of phosphoric acid groups is 3. The van der Waals surface area contributed by atoms with Crippen molar-refractivity contribution < 1.29 is 46.0 Å². The molecule has 0 amide bonds. The first kappa shape index (κ1) is 23.5. The van der Waals surface area contributed by atoms with Gasteiger partial charge in [0.15, 0.2) is 0 Å². The van der Waals surface area contributed by atoms with E-state index < -0.39 is 23.5 Å². The first-order valence-corrected chi connectivity index (χ1v) is 9.72. The van der Waals surface area contributed by atoms with Crippen molar-refractivity contribution in [2.24, 2.45) is 0 Å². The zero-order valence-electron chi connectivity index (χ0n) is 11.1. The van der Waals surface area contributed by atoms with Crippen LogP contribution < -0.4 is 0 Å². The third kappa shape index (κ3) is 11.8. The summed E-state index contributed by atoms with van der Waals surface area (Å²) in [5.41, 5.74) is 0. The predicted octanol–water partition coefficient (Wildman–Crippen LogP) is 0.990. The molecule has 0 saturated carbocycles. The van der Waals surface area contributed by atoms with E-state index >= 15 is 0 Å². The molecule has 0 heterocycles. The first-order chi connectivity index (χ1) is 8.54. The Bertz CT molecular complexity index is 396. The molecule has 0 aromatic rings. The van der Waals surface area contributed by atoms with Crippen LogP contribution in [0.25, 0.3) is 0 Å². The summed E-state index contributed by atoms with van der Waals surface area (Å²) < 4.78 is 50.6. The van der Waals surface area contributed by atoms with Crippen molar-refractivity contribution in [2.75, 3.05) is 13.2 Å². The van der Waals surface area contributed by atoms with Crippen LogP contribution in [0.3, 0.4) is 0 Å². The fourth-order valence-electron chi connectivity index (χ4n) is 0.766. The average molecular weight is 467 g/mol. The van der Waals surface area contributed by atoms with Gasteiger partial charge in [0.25, 0.3) is 0 Å². The van der Waals surface area contributed by atoms with Crippen LogP contribution >= 0.6 is 23.5 Å². The topological polar surface area (TPSA) is 149 Å². The van der Waals surface area contributed by atoms with E-state index in [0.29, 0.717) is 12.8 Å². The number of rotatable bonds is 10. The van der Waals surface area contributed by atoms with Crippen molar-refractivity contribution in [3.63, 3.8) is 0 Å². The molecule has 0 rings (SSSR count). The Morgan fingerprint density at radius 1 is 0.850 bits per heavy atom. The van der Waals surface area contributed by atoms with E-state index in [2.05, 4.69) is 17.7 Å². The van der Waals surface area contributed by atoms with E-state index in [1.807, 2.05) is 0 Å². The monoisotopic (exact) mass is 466 g/mol. The first-order valence-electron chi connectivity index (χ1n) is 5.23. The van der Waals surface area contributed by atoms with Gasteiger partial charge in [-0.1, -0.05) is 13.8 Å². The van der Waals surface area contributed by atoms with Gasteiger partial charge in [-0.3, -0.25) is 9.05 Å². The second kappa shape index (κ2) is 10.1. The molecule has 0 aliphatic carbocycles. The van der Waals surface area contributed by atoms with Crippen molar-refractivity contribution in [3.05, 3.63) is 0 Å². The second-order valence-electron chi connectivity index (χ2n) is 3.24. The van der Waals surface area contributed by atoms with E-state index in [1.54, 1.807) is 13.8 Å². The van der Waals surface area contributed by atoms with Gasteiger partial charge in [-0.25, -0.2) is 13.7 Å². The molecule has 20 heavy (non-hydrogen) atoms. The standard InChI is InChI=1S/C6H17O10P3.Sb.3H/c1-3-5-13-19(12,14-6-4-2)16-18(10,11)15-17(7,8)9;;;;/h3-6H2,1-2H3,(H,10,11)(H2,7,8,9);;;;. The quantitative estimate of drug-likeness (QED) is 0.314. The van der Waals surface area contributed by atoms with Gasteiger partial charge < -0.3 is 14.7 Å². The van der Waals surface area contributed by atoms with Gasteiger partial charge in [0, 0.05) is 0 Å². The number of hydrogen-bond donors (Lipinski definition) is 3. The molecule has 14 heteroatoms. The van der Waals surface area contributed by atoms with Crippen LogP contribution in [0, 0.1) is 0 Å². The van der Waals surface area contributed by atoms with Gasteiger partial charge in [-0.2, -0.15) is 8.62 Å². The number of phosphoric ester groups is 1. The molecule has 0 bridgehead atoms. The van der Waals surface area contributed by atoms with E-state index in [4.69, 9.17) is 14.7 Å². The minimum atomic E-state index is -5.30. The Hall–Kier alpha value is 1.23. The summed E-state index contributed by atoms with van der Waals surface area (Å²) in [5.74, 6) is 0. The van der Waals surface area contributed by atoms with Gasteiger partial charge in [-0.15, -0.1) is 0 Å². The Balaban J connectivity index is 0. The summed E-state index contributed by atoms with van der Waals surface area (Å²) in [4.78, 5) is 25.9. The van der Waals surface area contributed by atoms with Crippen LogP contribution in [0.15, 0.2) is 0 Å². The number of hydrogen-bond acceptors (Lipinski definition) is 7. The third-order valence-corrected chi connectivity index (χ3v) is 5.62.